The molecular formula is C17H20N2O3. The summed E-state index contributed by atoms with van der Waals surface area (Å²) in [5.74, 6) is 0.635. The van der Waals surface area contributed by atoms with Crippen molar-refractivity contribution in [3.8, 4) is 5.75 Å². The second-order valence-electron chi connectivity index (χ2n) is 4.92. The summed E-state index contributed by atoms with van der Waals surface area (Å²) in [6.07, 6.45) is -0.616. The predicted molar refractivity (Wildman–Crippen MR) is 87.2 cm³/mol. The lowest BCUT2D eigenvalue weighted by molar-refractivity contribution is -0.114. The number of ether oxygens (including phenoxy) is 1. The molecule has 0 radical (unpaired) electrons. The van der Waals surface area contributed by atoms with Crippen LogP contribution >= 0.6 is 0 Å². The Hall–Kier alpha value is -2.53. The highest BCUT2D eigenvalue weighted by Crippen LogP contribution is 2.13. The minimum Gasteiger partial charge on any atom is -0.491 e. The van der Waals surface area contributed by atoms with E-state index in [0.29, 0.717) is 6.54 Å². The molecule has 0 spiro atoms. The molecule has 0 unspecified atom stereocenters. The average molecular weight is 300 g/mol. The molecule has 0 saturated carbocycles. The molecule has 116 valence electrons. The molecule has 0 aliphatic heterocycles. The molecule has 2 aromatic carbocycles. The van der Waals surface area contributed by atoms with Crippen molar-refractivity contribution in [3.63, 3.8) is 0 Å². The highest BCUT2D eigenvalue weighted by atomic mass is 16.5. The first kappa shape index (κ1) is 15.9. The lowest BCUT2D eigenvalue weighted by atomic mass is 10.2. The first-order valence-electron chi connectivity index (χ1n) is 7.11. The normalized spacial score (nSPS) is 11.5. The zero-order valence-electron chi connectivity index (χ0n) is 12.5. The highest BCUT2D eigenvalue weighted by Gasteiger charge is 2.05. The van der Waals surface area contributed by atoms with E-state index in [9.17, 15) is 9.90 Å². The van der Waals surface area contributed by atoms with Crippen molar-refractivity contribution in [1.82, 2.24) is 0 Å². The number of carbonyl (C=O) groups excluding carboxylic acids is 1. The number of aliphatic hydroxyl groups is 1. The van der Waals surface area contributed by atoms with E-state index in [1.54, 1.807) is 12.1 Å². The molecule has 22 heavy (non-hydrogen) atoms. The minimum absolute atomic E-state index is 0.103. The molecule has 0 aliphatic rings. The lowest BCUT2D eigenvalue weighted by Gasteiger charge is -2.14. The van der Waals surface area contributed by atoms with Crippen LogP contribution in [0.3, 0.4) is 0 Å². The van der Waals surface area contributed by atoms with Gasteiger partial charge in [0, 0.05) is 24.8 Å². The summed E-state index contributed by atoms with van der Waals surface area (Å²) in [6.45, 7) is 2.07. The third kappa shape index (κ3) is 5.46. The predicted octanol–water partition coefficient (Wildman–Crippen LogP) is 2.50. The van der Waals surface area contributed by atoms with Gasteiger partial charge in [-0.05, 0) is 36.4 Å². The van der Waals surface area contributed by atoms with Crippen LogP contribution in [0.15, 0.2) is 54.6 Å². The molecule has 0 aliphatic carbocycles. The number of carbonyl (C=O) groups is 1. The fourth-order valence-electron chi connectivity index (χ4n) is 1.88. The standard InChI is InChI=1S/C17H20N2O3/c1-13(20)19-15-9-7-14(8-10-15)18-11-16(21)12-22-17-5-3-2-4-6-17/h2-10,16,18,21H,11-12H2,1H3,(H,19,20)/t16-/m0/s1. The molecule has 0 fully saturated rings. The number of hydrogen-bond acceptors (Lipinski definition) is 4. The van der Waals surface area contributed by atoms with E-state index in [2.05, 4.69) is 10.6 Å². The zero-order valence-corrected chi connectivity index (χ0v) is 12.5. The van der Waals surface area contributed by atoms with Crippen LogP contribution in [0, 0.1) is 0 Å². The molecule has 5 heteroatoms. The van der Waals surface area contributed by atoms with Crippen LogP contribution in [0.25, 0.3) is 0 Å². The Balaban J connectivity index is 1.73. The summed E-state index contributed by atoms with van der Waals surface area (Å²) in [6, 6.07) is 16.7. The van der Waals surface area contributed by atoms with Crippen molar-refractivity contribution in [2.45, 2.75) is 13.0 Å². The summed E-state index contributed by atoms with van der Waals surface area (Å²) in [4.78, 5) is 10.9. The van der Waals surface area contributed by atoms with Crippen molar-refractivity contribution in [3.05, 3.63) is 54.6 Å². The van der Waals surface area contributed by atoms with Crippen molar-refractivity contribution in [1.29, 1.82) is 0 Å². The maximum atomic E-state index is 10.9. The summed E-state index contributed by atoms with van der Waals surface area (Å²) >= 11 is 0. The molecule has 5 nitrogen and oxygen atoms in total. The van der Waals surface area contributed by atoms with E-state index in [0.717, 1.165) is 17.1 Å². The van der Waals surface area contributed by atoms with Crippen LogP contribution in [-0.4, -0.2) is 30.3 Å². The van der Waals surface area contributed by atoms with Gasteiger partial charge < -0.3 is 20.5 Å². The molecular weight excluding hydrogens is 280 g/mol. The topological polar surface area (TPSA) is 70.6 Å². The number of amides is 1. The van der Waals surface area contributed by atoms with E-state index in [-0.39, 0.29) is 12.5 Å². The molecule has 0 bridgehead atoms. The highest BCUT2D eigenvalue weighted by molar-refractivity contribution is 5.88. The van der Waals surface area contributed by atoms with Gasteiger partial charge in [-0.3, -0.25) is 4.79 Å². The van der Waals surface area contributed by atoms with Crippen LogP contribution in [0.2, 0.25) is 0 Å². The van der Waals surface area contributed by atoms with Gasteiger partial charge in [0.25, 0.3) is 0 Å². The van der Waals surface area contributed by atoms with Gasteiger partial charge in [-0.1, -0.05) is 18.2 Å². The Morgan fingerprint density at radius 1 is 1.09 bits per heavy atom. The molecule has 0 saturated heterocycles. The van der Waals surface area contributed by atoms with Crippen molar-refractivity contribution in [2.75, 3.05) is 23.8 Å². The lowest BCUT2D eigenvalue weighted by Crippen LogP contribution is -2.26. The van der Waals surface area contributed by atoms with Gasteiger partial charge in [0.05, 0.1) is 0 Å². The number of benzene rings is 2. The molecule has 0 aromatic heterocycles. The van der Waals surface area contributed by atoms with E-state index in [1.165, 1.54) is 6.92 Å². The number of nitrogens with one attached hydrogen (secondary N) is 2. The van der Waals surface area contributed by atoms with Gasteiger partial charge in [-0.2, -0.15) is 0 Å². The fraction of sp³-hybridized carbons (Fsp3) is 0.235. The quantitative estimate of drug-likeness (QED) is 0.735. The Kier molecular flexibility index (Phi) is 5.80. The van der Waals surface area contributed by atoms with E-state index in [1.807, 2.05) is 42.5 Å². The second kappa shape index (κ2) is 8.05. The Morgan fingerprint density at radius 3 is 2.36 bits per heavy atom. The third-order valence-electron chi connectivity index (χ3n) is 2.93. The first-order valence-corrected chi connectivity index (χ1v) is 7.11. The first-order chi connectivity index (χ1) is 10.6. The maximum absolute atomic E-state index is 10.9. The maximum Gasteiger partial charge on any atom is 0.221 e. The molecule has 1 atom stereocenters. The SMILES string of the molecule is CC(=O)Nc1ccc(NC[C@H](O)COc2ccccc2)cc1. The van der Waals surface area contributed by atoms with E-state index >= 15 is 0 Å². The molecule has 3 N–H and O–H groups in total. The minimum atomic E-state index is -0.616. The molecule has 1 amide bonds. The fourth-order valence-corrected chi connectivity index (χ4v) is 1.88. The van der Waals surface area contributed by atoms with Gasteiger partial charge >= 0.3 is 0 Å². The van der Waals surface area contributed by atoms with E-state index < -0.39 is 6.10 Å². The van der Waals surface area contributed by atoms with Crippen molar-refractivity contribution >= 4 is 17.3 Å². The number of para-hydroxylation sites is 1. The van der Waals surface area contributed by atoms with Crippen LogP contribution in [0.1, 0.15) is 6.92 Å². The monoisotopic (exact) mass is 300 g/mol. The Labute approximate surface area is 129 Å². The molecule has 2 rings (SSSR count). The van der Waals surface area contributed by atoms with Gasteiger partial charge in [0.1, 0.15) is 18.5 Å². The Bertz CT molecular complexity index is 585. The smallest absolute Gasteiger partial charge is 0.221 e. The van der Waals surface area contributed by atoms with Crippen molar-refractivity contribution < 1.29 is 14.6 Å². The van der Waals surface area contributed by atoms with Crippen LogP contribution in [0.5, 0.6) is 5.75 Å². The Morgan fingerprint density at radius 2 is 1.73 bits per heavy atom. The number of anilines is 2. The molecule has 0 heterocycles. The van der Waals surface area contributed by atoms with Gasteiger partial charge in [-0.25, -0.2) is 0 Å². The van der Waals surface area contributed by atoms with E-state index in [4.69, 9.17) is 4.74 Å². The number of rotatable bonds is 7. The molecule has 2 aromatic rings. The summed E-state index contributed by atoms with van der Waals surface area (Å²) in [5, 5.41) is 15.7. The second-order valence-corrected chi connectivity index (χ2v) is 4.92. The summed E-state index contributed by atoms with van der Waals surface area (Å²) in [5.41, 5.74) is 1.61. The van der Waals surface area contributed by atoms with Gasteiger partial charge in [0.2, 0.25) is 5.91 Å². The largest absolute Gasteiger partial charge is 0.491 e. The average Bonchev–Trinajstić information content (AvgIpc) is 2.53. The van der Waals surface area contributed by atoms with Crippen molar-refractivity contribution in [2.24, 2.45) is 0 Å². The van der Waals surface area contributed by atoms with Gasteiger partial charge in [-0.15, -0.1) is 0 Å². The third-order valence-corrected chi connectivity index (χ3v) is 2.93. The summed E-state index contributed by atoms with van der Waals surface area (Å²) in [7, 11) is 0. The zero-order chi connectivity index (χ0) is 15.8. The van der Waals surface area contributed by atoms with Crippen LogP contribution in [-0.2, 0) is 4.79 Å². The van der Waals surface area contributed by atoms with Crippen LogP contribution < -0.4 is 15.4 Å². The summed E-state index contributed by atoms with van der Waals surface area (Å²) < 4.78 is 5.48. The van der Waals surface area contributed by atoms with Gasteiger partial charge in [0.15, 0.2) is 0 Å². The van der Waals surface area contributed by atoms with Crippen LogP contribution in [0.4, 0.5) is 11.4 Å². The number of hydrogen-bond donors (Lipinski definition) is 3. The number of aliphatic hydroxyl groups excluding tert-OH is 1.